The highest BCUT2D eigenvalue weighted by molar-refractivity contribution is 7.89. The van der Waals surface area contributed by atoms with Gasteiger partial charge in [0.15, 0.2) is 6.61 Å². The van der Waals surface area contributed by atoms with Crippen LogP contribution >= 0.6 is 11.6 Å². The van der Waals surface area contributed by atoms with Crippen molar-refractivity contribution in [2.24, 2.45) is 0 Å². The fourth-order valence-corrected chi connectivity index (χ4v) is 4.17. The quantitative estimate of drug-likeness (QED) is 0.657. The molecule has 0 atom stereocenters. The van der Waals surface area contributed by atoms with Crippen LogP contribution in [0.15, 0.2) is 53.4 Å². The molecule has 0 aliphatic heterocycles. The number of benzene rings is 2. The molecule has 0 radical (unpaired) electrons. The largest absolute Gasteiger partial charge is 0.452 e. The number of hydrogen-bond acceptors (Lipinski definition) is 5. The van der Waals surface area contributed by atoms with Crippen molar-refractivity contribution in [3.05, 3.63) is 59.1 Å². The first-order valence-corrected chi connectivity index (χ1v) is 10.4. The Bertz CT molecular complexity index is 958. The second-order valence-corrected chi connectivity index (χ2v) is 8.13. The summed E-state index contributed by atoms with van der Waals surface area (Å²) < 4.78 is 31.4. The van der Waals surface area contributed by atoms with Crippen LogP contribution in [0.4, 0.5) is 5.69 Å². The number of ether oxygens (including phenoxy) is 1. The van der Waals surface area contributed by atoms with E-state index in [1.165, 1.54) is 28.6 Å². The first kappa shape index (κ1) is 21.9. The minimum atomic E-state index is -3.70. The molecule has 0 aliphatic carbocycles. The van der Waals surface area contributed by atoms with Crippen LogP contribution in [-0.4, -0.2) is 44.3 Å². The number of carbonyl (C=O) groups is 2. The third kappa shape index (κ3) is 5.54. The van der Waals surface area contributed by atoms with Gasteiger partial charge in [-0.1, -0.05) is 37.6 Å². The zero-order valence-electron chi connectivity index (χ0n) is 15.5. The molecular weight excluding hydrogens is 404 g/mol. The summed E-state index contributed by atoms with van der Waals surface area (Å²) in [6.45, 7) is 3.59. The maximum Gasteiger partial charge on any atom is 0.338 e. The molecule has 2 rings (SSSR count). The van der Waals surface area contributed by atoms with Gasteiger partial charge in [0.25, 0.3) is 5.91 Å². The molecule has 1 N–H and O–H groups in total. The lowest BCUT2D eigenvalue weighted by Gasteiger charge is -2.18. The van der Waals surface area contributed by atoms with Gasteiger partial charge in [0, 0.05) is 23.8 Å². The molecular formula is C19H21ClN2O5S. The molecule has 0 fully saturated rings. The number of nitrogens with one attached hydrogen (secondary N) is 1. The van der Waals surface area contributed by atoms with Gasteiger partial charge in [-0.05, 0) is 36.4 Å². The van der Waals surface area contributed by atoms with E-state index in [9.17, 15) is 18.0 Å². The molecule has 0 saturated heterocycles. The Labute approximate surface area is 169 Å². The van der Waals surface area contributed by atoms with Gasteiger partial charge in [-0.3, -0.25) is 4.79 Å². The minimum absolute atomic E-state index is 0.00553. The van der Waals surface area contributed by atoms with Gasteiger partial charge >= 0.3 is 5.97 Å². The number of rotatable bonds is 8. The maximum atomic E-state index is 12.6. The Morgan fingerprint density at radius 1 is 1.07 bits per heavy atom. The van der Waals surface area contributed by atoms with Crippen LogP contribution in [0.2, 0.25) is 5.02 Å². The van der Waals surface area contributed by atoms with Crippen molar-refractivity contribution in [2.45, 2.75) is 18.7 Å². The number of halogens is 1. The monoisotopic (exact) mass is 424 g/mol. The molecule has 0 saturated carbocycles. The lowest BCUT2D eigenvalue weighted by molar-refractivity contribution is -0.119. The van der Waals surface area contributed by atoms with Crippen molar-refractivity contribution in [3.63, 3.8) is 0 Å². The molecule has 9 heteroatoms. The van der Waals surface area contributed by atoms with Crippen LogP contribution in [-0.2, 0) is 19.6 Å². The predicted octanol–water partition coefficient (Wildman–Crippen LogP) is 3.17. The van der Waals surface area contributed by atoms with E-state index < -0.39 is 28.5 Å². The number of esters is 1. The maximum absolute atomic E-state index is 12.6. The van der Waals surface area contributed by atoms with Gasteiger partial charge in [-0.25, -0.2) is 13.2 Å². The van der Waals surface area contributed by atoms with E-state index in [1.54, 1.807) is 38.1 Å². The van der Waals surface area contributed by atoms with E-state index in [-0.39, 0.29) is 10.5 Å². The highest BCUT2D eigenvalue weighted by Gasteiger charge is 2.23. The zero-order valence-corrected chi connectivity index (χ0v) is 17.1. The number of nitrogens with zero attached hydrogens (tertiary/aromatic N) is 1. The van der Waals surface area contributed by atoms with Gasteiger partial charge in [0.2, 0.25) is 10.0 Å². The van der Waals surface area contributed by atoms with Crippen LogP contribution in [0.5, 0.6) is 0 Å². The van der Waals surface area contributed by atoms with E-state index in [0.717, 1.165) is 0 Å². The summed E-state index contributed by atoms with van der Waals surface area (Å²) in [4.78, 5) is 24.1. The third-order valence-electron chi connectivity index (χ3n) is 3.86. The standard InChI is InChI=1S/C19H21ClN2O5S/c1-3-22(4-2)28(25,26)17-10-5-7-14(11-17)19(24)27-13-18(23)21-16-9-6-8-15(20)12-16/h5-12H,3-4,13H2,1-2H3,(H,21,23). The first-order valence-electron chi connectivity index (χ1n) is 8.60. The van der Waals surface area contributed by atoms with Gasteiger partial charge < -0.3 is 10.1 Å². The van der Waals surface area contributed by atoms with Gasteiger partial charge in [-0.15, -0.1) is 0 Å². The summed E-state index contributed by atoms with van der Waals surface area (Å²) in [5, 5.41) is 3.01. The van der Waals surface area contributed by atoms with E-state index in [1.807, 2.05) is 0 Å². The van der Waals surface area contributed by atoms with Gasteiger partial charge in [-0.2, -0.15) is 4.31 Å². The molecule has 2 aromatic rings. The molecule has 0 aromatic heterocycles. The molecule has 0 heterocycles. The highest BCUT2D eigenvalue weighted by atomic mass is 35.5. The van der Waals surface area contributed by atoms with Crippen molar-refractivity contribution in [2.75, 3.05) is 25.0 Å². The summed E-state index contributed by atoms with van der Waals surface area (Å²) in [6, 6.07) is 12.1. The minimum Gasteiger partial charge on any atom is -0.452 e. The molecule has 2 aromatic carbocycles. The smallest absolute Gasteiger partial charge is 0.338 e. The Morgan fingerprint density at radius 3 is 2.39 bits per heavy atom. The van der Waals surface area contributed by atoms with Crippen LogP contribution in [0, 0.1) is 0 Å². The van der Waals surface area contributed by atoms with E-state index in [0.29, 0.717) is 23.8 Å². The summed E-state index contributed by atoms with van der Waals surface area (Å²) >= 11 is 5.84. The lowest BCUT2D eigenvalue weighted by atomic mass is 10.2. The Balaban J connectivity index is 2.04. The predicted molar refractivity (Wildman–Crippen MR) is 107 cm³/mol. The average molecular weight is 425 g/mol. The van der Waals surface area contributed by atoms with Crippen LogP contribution in [0.1, 0.15) is 24.2 Å². The highest BCUT2D eigenvalue weighted by Crippen LogP contribution is 2.18. The SMILES string of the molecule is CCN(CC)S(=O)(=O)c1cccc(C(=O)OCC(=O)Nc2cccc(Cl)c2)c1. The summed E-state index contributed by atoms with van der Waals surface area (Å²) in [7, 11) is -3.70. The lowest BCUT2D eigenvalue weighted by Crippen LogP contribution is -2.30. The van der Waals surface area contributed by atoms with E-state index >= 15 is 0 Å². The summed E-state index contributed by atoms with van der Waals surface area (Å²) in [5.74, 6) is -1.33. The van der Waals surface area contributed by atoms with Gasteiger partial charge in [0.05, 0.1) is 10.5 Å². The molecule has 7 nitrogen and oxygen atoms in total. The van der Waals surface area contributed by atoms with Crippen molar-refractivity contribution in [1.82, 2.24) is 4.31 Å². The fourth-order valence-electron chi connectivity index (χ4n) is 2.47. The Kier molecular flexibility index (Phi) is 7.56. The molecule has 150 valence electrons. The summed E-state index contributed by atoms with van der Waals surface area (Å²) in [5.41, 5.74) is 0.518. The van der Waals surface area contributed by atoms with Crippen molar-refractivity contribution < 1.29 is 22.7 Å². The number of amides is 1. The zero-order chi connectivity index (χ0) is 20.7. The number of anilines is 1. The normalized spacial score (nSPS) is 11.3. The van der Waals surface area contributed by atoms with Crippen LogP contribution in [0.3, 0.4) is 0 Å². The number of carbonyl (C=O) groups excluding carboxylic acids is 2. The van der Waals surface area contributed by atoms with Crippen LogP contribution < -0.4 is 5.32 Å². The average Bonchev–Trinajstić information content (AvgIpc) is 2.67. The second kappa shape index (κ2) is 9.68. The fraction of sp³-hybridized carbons (Fsp3) is 0.263. The molecule has 1 amide bonds. The van der Waals surface area contributed by atoms with Crippen molar-refractivity contribution in [1.29, 1.82) is 0 Å². The Morgan fingerprint density at radius 2 is 1.75 bits per heavy atom. The molecule has 0 spiro atoms. The second-order valence-electron chi connectivity index (χ2n) is 5.75. The van der Waals surface area contributed by atoms with Crippen molar-refractivity contribution >= 4 is 39.2 Å². The van der Waals surface area contributed by atoms with Gasteiger partial charge in [0.1, 0.15) is 0 Å². The van der Waals surface area contributed by atoms with E-state index in [2.05, 4.69) is 5.32 Å². The summed E-state index contributed by atoms with van der Waals surface area (Å²) in [6.07, 6.45) is 0. The number of hydrogen-bond donors (Lipinski definition) is 1. The van der Waals surface area contributed by atoms with Crippen LogP contribution in [0.25, 0.3) is 0 Å². The molecule has 0 bridgehead atoms. The van der Waals surface area contributed by atoms with E-state index in [4.69, 9.17) is 16.3 Å². The van der Waals surface area contributed by atoms with Crippen molar-refractivity contribution in [3.8, 4) is 0 Å². The third-order valence-corrected chi connectivity index (χ3v) is 6.14. The topological polar surface area (TPSA) is 92.8 Å². The number of sulfonamides is 1. The Hall–Kier alpha value is -2.42. The first-order chi connectivity index (χ1) is 13.3. The molecule has 0 aliphatic rings. The molecule has 0 unspecified atom stereocenters. The molecule has 28 heavy (non-hydrogen) atoms.